The number of amides is 2. The molecule has 180 valence electrons. The number of carbonyl (C=O) groups excluding carboxylic acids is 2. The predicted octanol–water partition coefficient (Wildman–Crippen LogP) is 5.98. The van der Waals surface area contributed by atoms with Crippen LogP contribution in [0.15, 0.2) is 28.8 Å². The molecule has 5 nitrogen and oxygen atoms in total. The van der Waals surface area contributed by atoms with E-state index in [9.17, 15) is 9.59 Å². The van der Waals surface area contributed by atoms with Gasteiger partial charge in [-0.25, -0.2) is 4.99 Å². The van der Waals surface area contributed by atoms with Crippen LogP contribution in [0.3, 0.4) is 0 Å². The lowest BCUT2D eigenvalue weighted by Gasteiger charge is -2.40. The van der Waals surface area contributed by atoms with Gasteiger partial charge in [0.2, 0.25) is 0 Å². The molecule has 1 aromatic carbocycles. The Morgan fingerprint density at radius 3 is 2.42 bits per heavy atom. The molecule has 3 rings (SSSR count). The number of carbonyl (C=O) groups is 2. The minimum Gasteiger partial charge on any atom is -0.369 e. The van der Waals surface area contributed by atoms with Crippen molar-refractivity contribution in [3.63, 3.8) is 0 Å². The van der Waals surface area contributed by atoms with Crippen LogP contribution >= 0.6 is 11.6 Å². The minimum absolute atomic E-state index is 0.203. The second kappa shape index (κ2) is 10.9. The van der Waals surface area contributed by atoms with E-state index >= 15 is 0 Å². The molecule has 1 heterocycles. The molecule has 1 unspecified atom stereocenters. The number of nitrogens with zero attached hydrogens (tertiary/aromatic N) is 2. The van der Waals surface area contributed by atoms with Crippen molar-refractivity contribution in [1.29, 1.82) is 0 Å². The van der Waals surface area contributed by atoms with Crippen LogP contribution in [-0.4, -0.2) is 36.7 Å². The molecule has 6 heteroatoms. The van der Waals surface area contributed by atoms with Crippen molar-refractivity contribution < 1.29 is 9.59 Å². The molecule has 33 heavy (non-hydrogen) atoms. The molecule has 0 spiro atoms. The van der Waals surface area contributed by atoms with Crippen LogP contribution in [0, 0.1) is 24.7 Å². The lowest BCUT2D eigenvalue weighted by molar-refractivity contribution is -0.120. The molecule has 1 atom stereocenters. The molecule has 2 amide bonds. The minimum atomic E-state index is -0.417. The highest BCUT2D eigenvalue weighted by Crippen LogP contribution is 2.36. The molecule has 2 aliphatic rings. The van der Waals surface area contributed by atoms with Gasteiger partial charge in [0.25, 0.3) is 11.8 Å². The third kappa shape index (κ3) is 5.87. The molecular weight excluding hydrogens is 434 g/mol. The van der Waals surface area contributed by atoms with Gasteiger partial charge in [-0.3, -0.25) is 9.59 Å². The van der Waals surface area contributed by atoms with Gasteiger partial charge in [-0.05, 0) is 89.0 Å². The number of allylic oxidation sites excluding steroid dienone is 1. The van der Waals surface area contributed by atoms with Crippen LogP contribution in [0.1, 0.15) is 76.2 Å². The lowest BCUT2D eigenvalue weighted by Crippen LogP contribution is -2.39. The van der Waals surface area contributed by atoms with Crippen molar-refractivity contribution >= 4 is 34.8 Å². The van der Waals surface area contributed by atoms with E-state index in [1.54, 1.807) is 6.07 Å². The Morgan fingerprint density at radius 2 is 1.85 bits per heavy atom. The quantitative estimate of drug-likeness (QED) is 0.531. The third-order valence-electron chi connectivity index (χ3n) is 7.40. The summed E-state index contributed by atoms with van der Waals surface area (Å²) in [5.74, 6) is 0.705. The topological polar surface area (TPSA) is 61.8 Å². The van der Waals surface area contributed by atoms with Crippen molar-refractivity contribution in [2.45, 2.75) is 73.3 Å². The van der Waals surface area contributed by atoms with Gasteiger partial charge >= 0.3 is 0 Å². The monoisotopic (exact) mass is 471 g/mol. The Labute approximate surface area is 203 Å². The maximum atomic E-state index is 13.1. The number of halogens is 1. The van der Waals surface area contributed by atoms with Crippen molar-refractivity contribution in [2.24, 2.45) is 22.7 Å². The number of anilines is 1. The average Bonchev–Trinajstić information content (AvgIpc) is 2.75. The first-order chi connectivity index (χ1) is 15.6. The summed E-state index contributed by atoms with van der Waals surface area (Å²) in [6.07, 6.45) is 6.72. The number of dihydropyridines is 1. The fourth-order valence-electron chi connectivity index (χ4n) is 5.35. The van der Waals surface area contributed by atoms with Crippen molar-refractivity contribution in [1.82, 2.24) is 5.32 Å². The highest BCUT2D eigenvalue weighted by molar-refractivity contribution is 6.31. The summed E-state index contributed by atoms with van der Waals surface area (Å²) in [5.41, 5.74) is 4.16. The van der Waals surface area contributed by atoms with E-state index in [-0.39, 0.29) is 18.4 Å². The van der Waals surface area contributed by atoms with Crippen LogP contribution < -0.4 is 10.2 Å². The second-order valence-electron chi connectivity index (χ2n) is 9.94. The van der Waals surface area contributed by atoms with Gasteiger partial charge in [-0.15, -0.1) is 0 Å². The number of hydrogen-bond donors (Lipinski definition) is 1. The summed E-state index contributed by atoms with van der Waals surface area (Å²) in [6.45, 7) is 13.6. The predicted molar refractivity (Wildman–Crippen MR) is 137 cm³/mol. The van der Waals surface area contributed by atoms with Gasteiger partial charge in [-0.2, -0.15) is 0 Å². The molecule has 0 saturated heterocycles. The van der Waals surface area contributed by atoms with Crippen LogP contribution in [0.5, 0.6) is 0 Å². The van der Waals surface area contributed by atoms with Crippen LogP contribution in [0.2, 0.25) is 5.02 Å². The van der Waals surface area contributed by atoms with Gasteiger partial charge in [0.05, 0.1) is 5.92 Å². The van der Waals surface area contributed by atoms with E-state index in [2.05, 4.69) is 36.0 Å². The Morgan fingerprint density at radius 1 is 1.18 bits per heavy atom. The van der Waals surface area contributed by atoms with E-state index in [0.29, 0.717) is 22.3 Å². The summed E-state index contributed by atoms with van der Waals surface area (Å²) in [5, 5.41) is 3.50. The standard InChI is InChI=1S/C27H38ClN3O2/c1-7-31(22-10-8-20(9-11-22)16(2)3)25-14-21(28)13-23(19(25)6)26(32)29-15-24-17(4)12-18(5)30-27(24)33/h12-14,16,20,22,24H,7-11,15H2,1-6H3,(H,29,32). The Hall–Kier alpha value is -2.14. The maximum absolute atomic E-state index is 13.1. The normalized spacial score (nSPS) is 23.3. The Balaban J connectivity index is 1.76. The first-order valence-corrected chi connectivity index (χ1v) is 12.6. The summed E-state index contributed by atoms with van der Waals surface area (Å²) in [7, 11) is 0. The van der Waals surface area contributed by atoms with E-state index in [1.807, 2.05) is 32.9 Å². The molecule has 1 saturated carbocycles. The van der Waals surface area contributed by atoms with Gasteiger partial charge in [0.15, 0.2) is 0 Å². The molecule has 1 aliphatic carbocycles. The van der Waals surface area contributed by atoms with Gasteiger partial charge < -0.3 is 10.2 Å². The molecule has 0 aromatic heterocycles. The van der Waals surface area contributed by atoms with Crippen molar-refractivity contribution in [3.8, 4) is 0 Å². The summed E-state index contributed by atoms with van der Waals surface area (Å²) in [6, 6.07) is 4.18. The van der Waals surface area contributed by atoms with Crippen molar-refractivity contribution in [3.05, 3.63) is 39.9 Å². The molecule has 0 radical (unpaired) electrons. The van der Waals surface area contributed by atoms with Crippen molar-refractivity contribution in [2.75, 3.05) is 18.0 Å². The fourth-order valence-corrected chi connectivity index (χ4v) is 5.56. The molecule has 1 aromatic rings. The van der Waals surface area contributed by atoms with Gasteiger partial charge in [-0.1, -0.05) is 31.0 Å². The largest absolute Gasteiger partial charge is 0.369 e. The number of nitrogens with one attached hydrogen (secondary N) is 1. The van der Waals surface area contributed by atoms with Crippen LogP contribution in [-0.2, 0) is 4.79 Å². The first-order valence-electron chi connectivity index (χ1n) is 12.2. The zero-order valence-electron chi connectivity index (χ0n) is 20.9. The van der Waals surface area contributed by atoms with E-state index in [0.717, 1.165) is 35.2 Å². The Kier molecular flexibility index (Phi) is 8.38. The summed E-state index contributed by atoms with van der Waals surface area (Å²) < 4.78 is 0. The molecule has 0 bridgehead atoms. The molecule has 1 aliphatic heterocycles. The average molecular weight is 472 g/mol. The third-order valence-corrected chi connectivity index (χ3v) is 7.62. The lowest BCUT2D eigenvalue weighted by atomic mass is 9.79. The van der Waals surface area contributed by atoms with Crippen LogP contribution in [0.25, 0.3) is 0 Å². The van der Waals surface area contributed by atoms with Gasteiger partial charge in [0, 0.05) is 41.1 Å². The number of rotatable bonds is 7. The number of hydrogen-bond acceptors (Lipinski definition) is 3. The van der Waals surface area contributed by atoms with E-state index in [1.165, 1.54) is 25.7 Å². The molecule has 1 N–H and O–H groups in total. The number of benzene rings is 1. The zero-order chi connectivity index (χ0) is 24.3. The molecular formula is C27H38ClN3O2. The zero-order valence-corrected chi connectivity index (χ0v) is 21.6. The van der Waals surface area contributed by atoms with E-state index < -0.39 is 5.92 Å². The second-order valence-corrected chi connectivity index (χ2v) is 10.4. The highest BCUT2D eigenvalue weighted by Gasteiger charge is 2.29. The fraction of sp³-hybridized carbons (Fsp3) is 0.593. The molecule has 1 fully saturated rings. The smallest absolute Gasteiger partial charge is 0.254 e. The number of aliphatic imine (C=N–C) groups is 1. The maximum Gasteiger partial charge on any atom is 0.254 e. The highest BCUT2D eigenvalue weighted by atomic mass is 35.5. The van der Waals surface area contributed by atoms with E-state index in [4.69, 9.17) is 11.6 Å². The SMILES string of the molecule is CCN(c1cc(Cl)cc(C(=O)NCC2C(=O)N=C(C)C=C2C)c1C)C1CCC(C(C)C)CC1. The van der Waals surface area contributed by atoms with Crippen LogP contribution in [0.4, 0.5) is 5.69 Å². The first kappa shape index (κ1) is 25.5. The Bertz CT molecular complexity index is 958. The summed E-state index contributed by atoms with van der Waals surface area (Å²) >= 11 is 6.49. The van der Waals surface area contributed by atoms with Gasteiger partial charge in [0.1, 0.15) is 0 Å². The summed E-state index contributed by atoms with van der Waals surface area (Å²) in [4.78, 5) is 31.9.